The molecule has 0 aliphatic rings. The van der Waals surface area contributed by atoms with Crippen molar-refractivity contribution < 1.29 is 41.5 Å². The molecule has 3 nitrogen and oxygen atoms in total. The van der Waals surface area contributed by atoms with E-state index in [0.717, 1.165) is 0 Å². The second-order valence-corrected chi connectivity index (χ2v) is 1.43. The molecule has 1 aromatic heterocycles. The summed E-state index contributed by atoms with van der Waals surface area (Å²) in [5, 5.41) is 0. The summed E-state index contributed by atoms with van der Waals surface area (Å²) in [5.74, 6) is 0.0532. The fourth-order valence-corrected chi connectivity index (χ4v) is 0.375. The molecule has 1 rings (SSSR count). The van der Waals surface area contributed by atoms with Gasteiger partial charge in [0.05, 0.1) is 0 Å². The minimum absolute atomic E-state index is 0. The van der Waals surface area contributed by atoms with Gasteiger partial charge in [-0.15, -0.1) is 0 Å². The third-order valence-corrected chi connectivity index (χ3v) is 0.836. The summed E-state index contributed by atoms with van der Waals surface area (Å²) in [7, 11) is 0. The van der Waals surface area contributed by atoms with E-state index in [2.05, 4.69) is 15.8 Å². The molecule has 0 aromatic carbocycles. The number of aryl methyl sites for hydroxylation is 1. The predicted octanol–water partition coefficient (Wildman–Crippen LogP) is 0.721. The SMILES string of the molecule is [CH2-]c1oc(=O)oc1C.[Y]. The number of hydrogen-bond donors (Lipinski definition) is 0. The maximum atomic E-state index is 10.1. The van der Waals surface area contributed by atoms with Gasteiger partial charge in [0, 0.05) is 38.5 Å². The largest absolute Gasteiger partial charge is 0.498 e. The Bertz CT molecular complexity index is 212. The molecular weight excluding hydrogens is 197 g/mol. The molecule has 0 saturated carbocycles. The van der Waals surface area contributed by atoms with E-state index in [0.29, 0.717) is 11.5 Å². The van der Waals surface area contributed by atoms with Crippen LogP contribution in [0.25, 0.3) is 0 Å². The molecule has 0 aliphatic carbocycles. The Morgan fingerprint density at radius 1 is 1.44 bits per heavy atom. The van der Waals surface area contributed by atoms with Crippen molar-refractivity contribution in [1.82, 2.24) is 0 Å². The van der Waals surface area contributed by atoms with Gasteiger partial charge in [0.1, 0.15) is 0 Å². The molecule has 0 N–H and O–H groups in total. The van der Waals surface area contributed by atoms with Crippen LogP contribution in [0.2, 0.25) is 0 Å². The van der Waals surface area contributed by atoms with Crippen LogP contribution < -0.4 is 5.82 Å². The van der Waals surface area contributed by atoms with Gasteiger partial charge >= 0.3 is 5.82 Å². The summed E-state index contributed by atoms with van der Waals surface area (Å²) in [6, 6.07) is 0. The summed E-state index contributed by atoms with van der Waals surface area (Å²) in [4.78, 5) is 10.1. The van der Waals surface area contributed by atoms with E-state index >= 15 is 0 Å². The van der Waals surface area contributed by atoms with Gasteiger partial charge in [-0.05, 0) is 5.76 Å². The Morgan fingerprint density at radius 2 is 2.00 bits per heavy atom. The molecule has 1 aromatic rings. The van der Waals surface area contributed by atoms with Crippen LogP contribution in [0.3, 0.4) is 0 Å². The second kappa shape index (κ2) is 3.23. The summed E-state index contributed by atoms with van der Waals surface area (Å²) < 4.78 is 8.81. The molecule has 0 spiro atoms. The van der Waals surface area contributed by atoms with E-state index < -0.39 is 5.82 Å². The zero-order valence-corrected chi connectivity index (χ0v) is 7.85. The minimum atomic E-state index is -0.688. The molecule has 0 unspecified atom stereocenters. The molecule has 0 atom stereocenters. The topological polar surface area (TPSA) is 43.4 Å². The van der Waals surface area contributed by atoms with E-state index in [9.17, 15) is 4.79 Å². The summed E-state index contributed by atoms with van der Waals surface area (Å²) in [6.07, 6.45) is 0. The van der Waals surface area contributed by atoms with Crippen LogP contribution in [0.1, 0.15) is 11.5 Å². The van der Waals surface area contributed by atoms with Crippen molar-refractivity contribution in [2.75, 3.05) is 0 Å². The molecule has 9 heavy (non-hydrogen) atoms. The Hall–Kier alpha value is -0.0161. The van der Waals surface area contributed by atoms with Crippen molar-refractivity contribution in [2.24, 2.45) is 0 Å². The molecular formula is C5H5O3Y-. The summed E-state index contributed by atoms with van der Waals surface area (Å²) in [6.45, 7) is 5.00. The van der Waals surface area contributed by atoms with Crippen molar-refractivity contribution >= 4 is 0 Å². The first-order valence-electron chi connectivity index (χ1n) is 2.12. The van der Waals surface area contributed by atoms with Gasteiger partial charge in [0.2, 0.25) is 0 Å². The van der Waals surface area contributed by atoms with Crippen molar-refractivity contribution in [1.29, 1.82) is 0 Å². The van der Waals surface area contributed by atoms with E-state index in [4.69, 9.17) is 0 Å². The Balaban J connectivity index is 0.000000640. The third kappa shape index (κ3) is 1.99. The van der Waals surface area contributed by atoms with Gasteiger partial charge < -0.3 is 8.83 Å². The molecule has 0 aliphatic heterocycles. The van der Waals surface area contributed by atoms with E-state index in [1.165, 1.54) is 0 Å². The van der Waals surface area contributed by atoms with Crippen molar-refractivity contribution in [3.05, 3.63) is 29.1 Å². The summed E-state index contributed by atoms with van der Waals surface area (Å²) in [5.41, 5.74) is 0. The van der Waals surface area contributed by atoms with Crippen molar-refractivity contribution in [3.8, 4) is 0 Å². The normalized spacial score (nSPS) is 8.56. The zero-order valence-electron chi connectivity index (χ0n) is 5.01. The van der Waals surface area contributed by atoms with Crippen LogP contribution in [0.4, 0.5) is 0 Å². The van der Waals surface area contributed by atoms with E-state index in [1.54, 1.807) is 6.92 Å². The molecule has 1 radical (unpaired) electrons. The molecule has 0 fully saturated rings. The molecule has 0 amide bonds. The number of rotatable bonds is 0. The van der Waals surface area contributed by atoms with Gasteiger partial charge in [0.15, 0.2) is 0 Å². The fraction of sp³-hybridized carbons (Fsp3) is 0.200. The van der Waals surface area contributed by atoms with Gasteiger partial charge in [-0.3, -0.25) is 0 Å². The molecule has 1 heterocycles. The first-order valence-corrected chi connectivity index (χ1v) is 2.12. The molecule has 4 heteroatoms. The monoisotopic (exact) mass is 202 g/mol. The average molecular weight is 202 g/mol. The maximum absolute atomic E-state index is 10.1. The van der Waals surface area contributed by atoms with Crippen LogP contribution >= 0.6 is 0 Å². The average Bonchev–Trinajstić information content (AvgIpc) is 1.85. The van der Waals surface area contributed by atoms with E-state index in [1.807, 2.05) is 0 Å². The number of hydrogen-bond acceptors (Lipinski definition) is 3. The van der Waals surface area contributed by atoms with E-state index in [-0.39, 0.29) is 32.7 Å². The van der Waals surface area contributed by atoms with Gasteiger partial charge in [-0.25, -0.2) is 4.79 Å². The molecule has 47 valence electrons. The maximum Gasteiger partial charge on any atom is 0.498 e. The fourth-order valence-electron chi connectivity index (χ4n) is 0.375. The van der Waals surface area contributed by atoms with Crippen molar-refractivity contribution in [3.63, 3.8) is 0 Å². The van der Waals surface area contributed by atoms with Crippen LogP contribution in [-0.2, 0) is 32.7 Å². The Morgan fingerprint density at radius 3 is 2.11 bits per heavy atom. The Kier molecular flexibility index (Phi) is 3.22. The second-order valence-electron chi connectivity index (χ2n) is 1.43. The third-order valence-electron chi connectivity index (χ3n) is 0.836. The van der Waals surface area contributed by atoms with Gasteiger partial charge in [0.25, 0.3) is 0 Å². The van der Waals surface area contributed by atoms with Crippen LogP contribution in [-0.4, -0.2) is 0 Å². The Labute approximate surface area is 77.3 Å². The molecule has 0 saturated heterocycles. The molecule has 0 bridgehead atoms. The first-order chi connectivity index (χ1) is 3.70. The van der Waals surface area contributed by atoms with Gasteiger partial charge in [-0.1, -0.05) is 6.92 Å². The van der Waals surface area contributed by atoms with Crippen molar-refractivity contribution in [2.45, 2.75) is 6.92 Å². The minimum Gasteiger partial charge on any atom is -0.490 e. The van der Waals surface area contributed by atoms with Crippen LogP contribution in [0.15, 0.2) is 13.6 Å². The van der Waals surface area contributed by atoms with Crippen LogP contribution in [0.5, 0.6) is 0 Å². The smallest absolute Gasteiger partial charge is 0.490 e. The first kappa shape index (κ1) is 8.98. The standard InChI is InChI=1S/C5H5O3.Y/c1-3-4(2)8-5(6)7-3;/h1H2,2H3;/q-1;. The quantitative estimate of drug-likeness (QED) is 0.582. The predicted molar refractivity (Wildman–Crippen MR) is 26.4 cm³/mol. The van der Waals surface area contributed by atoms with Crippen LogP contribution in [0, 0.1) is 13.8 Å². The van der Waals surface area contributed by atoms with Gasteiger partial charge in [-0.2, -0.15) is 6.92 Å². The summed E-state index contributed by atoms with van der Waals surface area (Å²) >= 11 is 0. The zero-order chi connectivity index (χ0) is 6.15.